The van der Waals surface area contributed by atoms with Crippen LogP contribution in [-0.4, -0.2) is 35.5 Å². The number of carbonyl (C=O) groups is 2. The number of amides is 1. The van der Waals surface area contributed by atoms with E-state index in [0.29, 0.717) is 23.5 Å². The zero-order chi connectivity index (χ0) is 20.5. The van der Waals surface area contributed by atoms with E-state index in [1.807, 2.05) is 6.92 Å². The second-order valence-electron chi connectivity index (χ2n) is 6.56. The van der Waals surface area contributed by atoms with Crippen LogP contribution in [0.3, 0.4) is 0 Å². The Bertz CT molecular complexity index is 1280. The number of benzene rings is 2. The average molecular weight is 389 g/mol. The van der Waals surface area contributed by atoms with Crippen molar-refractivity contribution in [2.75, 3.05) is 18.6 Å². The number of aromatic nitrogens is 2. The van der Waals surface area contributed by atoms with Gasteiger partial charge in [0.25, 0.3) is 11.5 Å². The number of hydrogen-bond donors (Lipinski definition) is 2. The van der Waals surface area contributed by atoms with Gasteiger partial charge in [-0.25, -0.2) is 0 Å². The van der Waals surface area contributed by atoms with E-state index in [9.17, 15) is 14.4 Å². The molecule has 29 heavy (non-hydrogen) atoms. The molecule has 0 spiro atoms. The third kappa shape index (κ3) is 3.06. The van der Waals surface area contributed by atoms with Crippen molar-refractivity contribution in [1.29, 1.82) is 0 Å². The maximum atomic E-state index is 13.1. The topological polar surface area (TPSA) is 95.3 Å². The Morgan fingerprint density at radius 2 is 1.72 bits per heavy atom. The Labute approximate surface area is 165 Å². The van der Waals surface area contributed by atoms with Crippen LogP contribution in [0, 0.1) is 0 Å². The first kappa shape index (κ1) is 18.5. The molecule has 3 aromatic rings. The molecule has 2 aromatic carbocycles. The van der Waals surface area contributed by atoms with Crippen LogP contribution in [0.2, 0.25) is 0 Å². The van der Waals surface area contributed by atoms with E-state index < -0.39 is 17.2 Å². The van der Waals surface area contributed by atoms with E-state index in [1.54, 1.807) is 61.7 Å². The highest BCUT2D eigenvalue weighted by Crippen LogP contribution is 2.29. The monoisotopic (exact) mass is 389 g/mol. The molecule has 0 unspecified atom stereocenters. The van der Waals surface area contributed by atoms with Crippen LogP contribution in [0.1, 0.15) is 22.8 Å². The van der Waals surface area contributed by atoms with Gasteiger partial charge in [0.1, 0.15) is 11.3 Å². The number of nitrogens with one attached hydrogen (secondary N) is 2. The molecule has 0 atom stereocenters. The molecule has 0 saturated carbocycles. The molecule has 2 heterocycles. The van der Waals surface area contributed by atoms with Crippen molar-refractivity contribution in [3.8, 4) is 5.75 Å². The lowest BCUT2D eigenvalue weighted by molar-refractivity contribution is -0.113. The highest BCUT2D eigenvalue weighted by atomic mass is 16.5. The number of H-pyrrole nitrogens is 2. The third-order valence-corrected chi connectivity index (χ3v) is 4.93. The summed E-state index contributed by atoms with van der Waals surface area (Å²) in [4.78, 5) is 40.2. The molecule has 1 aromatic heterocycles. The summed E-state index contributed by atoms with van der Waals surface area (Å²) in [7, 11) is 1.57. The first-order chi connectivity index (χ1) is 14.0. The summed E-state index contributed by atoms with van der Waals surface area (Å²) in [6.07, 6.45) is 1.63. The molecule has 146 valence electrons. The van der Waals surface area contributed by atoms with E-state index in [1.165, 1.54) is 4.90 Å². The van der Waals surface area contributed by atoms with Crippen molar-refractivity contribution in [2.24, 2.45) is 0 Å². The highest BCUT2D eigenvalue weighted by molar-refractivity contribution is 6.51. The number of Topliss-reactive ketones (excluding diaryl/α,β-unsaturated/α-hetero) is 1. The van der Waals surface area contributed by atoms with E-state index >= 15 is 0 Å². The number of aromatic amines is 2. The van der Waals surface area contributed by atoms with Crippen LogP contribution < -0.4 is 25.8 Å². The third-order valence-electron chi connectivity index (χ3n) is 4.93. The standard InChI is InChI=1S/C22H19N3O4/c1-3-25-17-7-5-4-6-15(17)20(26)18(22(25)28)19-16(21(27)24-23-19)12-13-8-10-14(29-2)11-9-13/h4-12,23H,3H2,1-2H3,(H,24,27)/b16-12+,19-18+. The first-order valence-corrected chi connectivity index (χ1v) is 9.17. The molecule has 0 bridgehead atoms. The predicted octanol–water partition coefficient (Wildman–Crippen LogP) is 0.941. The maximum Gasteiger partial charge on any atom is 0.271 e. The molecule has 1 amide bonds. The van der Waals surface area contributed by atoms with Gasteiger partial charge in [0.2, 0.25) is 5.78 Å². The fourth-order valence-electron chi connectivity index (χ4n) is 3.48. The summed E-state index contributed by atoms with van der Waals surface area (Å²) in [6.45, 7) is 2.24. The normalized spacial score (nSPS) is 16.2. The number of hydrogen-bond acceptors (Lipinski definition) is 4. The molecule has 0 saturated heterocycles. The first-order valence-electron chi connectivity index (χ1n) is 9.17. The fraction of sp³-hybridized carbons (Fsp3) is 0.136. The summed E-state index contributed by atoms with van der Waals surface area (Å²) in [6, 6.07) is 14.1. The van der Waals surface area contributed by atoms with Crippen LogP contribution in [0.25, 0.3) is 11.6 Å². The second kappa shape index (κ2) is 7.27. The van der Waals surface area contributed by atoms with Gasteiger partial charge in [-0.2, -0.15) is 0 Å². The number of anilines is 1. The van der Waals surface area contributed by atoms with Gasteiger partial charge in [0.05, 0.1) is 23.4 Å². The number of rotatable bonds is 3. The number of ketones is 1. The van der Waals surface area contributed by atoms with E-state index in [0.717, 1.165) is 5.56 Å². The number of fused-ring (bicyclic) bond motifs is 1. The lowest BCUT2D eigenvalue weighted by Crippen LogP contribution is -2.45. The van der Waals surface area contributed by atoms with Gasteiger partial charge in [0, 0.05) is 12.1 Å². The van der Waals surface area contributed by atoms with Gasteiger partial charge in [0.15, 0.2) is 0 Å². The lowest BCUT2D eigenvalue weighted by Gasteiger charge is -2.28. The number of ether oxygens (including phenoxy) is 1. The summed E-state index contributed by atoms with van der Waals surface area (Å²) >= 11 is 0. The van der Waals surface area contributed by atoms with Crippen molar-refractivity contribution in [2.45, 2.75) is 6.92 Å². The second-order valence-corrected chi connectivity index (χ2v) is 6.56. The van der Waals surface area contributed by atoms with Gasteiger partial charge in [-0.3, -0.25) is 24.6 Å². The van der Waals surface area contributed by atoms with Crippen molar-refractivity contribution in [3.05, 3.63) is 80.6 Å². The van der Waals surface area contributed by atoms with E-state index in [4.69, 9.17) is 4.74 Å². The minimum Gasteiger partial charge on any atom is -0.497 e. The van der Waals surface area contributed by atoms with Gasteiger partial charge in [-0.05, 0) is 42.8 Å². The van der Waals surface area contributed by atoms with Crippen LogP contribution >= 0.6 is 0 Å². The molecule has 1 aliphatic heterocycles. The zero-order valence-corrected chi connectivity index (χ0v) is 16.0. The Morgan fingerprint density at radius 3 is 2.41 bits per heavy atom. The van der Waals surface area contributed by atoms with E-state index in [2.05, 4.69) is 10.2 Å². The molecule has 0 aliphatic carbocycles. The fourth-order valence-corrected chi connectivity index (χ4v) is 3.48. The van der Waals surface area contributed by atoms with Crippen molar-refractivity contribution < 1.29 is 14.3 Å². The molecule has 7 nitrogen and oxygen atoms in total. The molecule has 7 heteroatoms. The maximum absolute atomic E-state index is 13.1. The van der Waals surface area contributed by atoms with Crippen LogP contribution in [0.4, 0.5) is 5.69 Å². The summed E-state index contributed by atoms with van der Waals surface area (Å²) in [5.41, 5.74) is 1.28. The average Bonchev–Trinajstić information content (AvgIpc) is 3.09. The van der Waals surface area contributed by atoms with Gasteiger partial charge in [-0.1, -0.05) is 24.3 Å². The molecule has 1 aliphatic rings. The smallest absolute Gasteiger partial charge is 0.271 e. The summed E-state index contributed by atoms with van der Waals surface area (Å²) in [5.74, 6) is -0.154. The predicted molar refractivity (Wildman–Crippen MR) is 109 cm³/mol. The Morgan fingerprint density at radius 1 is 1.00 bits per heavy atom. The number of methoxy groups -OCH3 is 1. The highest BCUT2D eigenvalue weighted by Gasteiger charge is 2.35. The van der Waals surface area contributed by atoms with Crippen molar-refractivity contribution in [1.82, 2.24) is 10.2 Å². The minimum absolute atomic E-state index is 0.0522. The quantitative estimate of drug-likeness (QED) is 0.697. The summed E-state index contributed by atoms with van der Waals surface area (Å²) < 4.78 is 5.15. The van der Waals surface area contributed by atoms with E-state index in [-0.39, 0.29) is 16.1 Å². The number of carbonyl (C=O) groups excluding carboxylic acids is 2. The number of nitrogens with zero attached hydrogens (tertiary/aromatic N) is 1. The van der Waals surface area contributed by atoms with Gasteiger partial charge in [-0.15, -0.1) is 0 Å². The molecule has 0 fully saturated rings. The largest absolute Gasteiger partial charge is 0.497 e. The molecule has 0 radical (unpaired) electrons. The van der Waals surface area contributed by atoms with Crippen LogP contribution in [-0.2, 0) is 4.79 Å². The lowest BCUT2D eigenvalue weighted by atomic mass is 9.94. The molecule has 2 N–H and O–H groups in total. The molecular weight excluding hydrogens is 370 g/mol. The van der Waals surface area contributed by atoms with Gasteiger partial charge < -0.3 is 9.64 Å². The van der Waals surface area contributed by atoms with Crippen LogP contribution in [0.5, 0.6) is 5.75 Å². The Kier molecular flexibility index (Phi) is 4.64. The Hall–Kier alpha value is -3.87. The SMILES string of the molecule is CCN1C(=O)/C(=c2/[nH][nH]c(=O)/c2=C/c2ccc(OC)cc2)C(=O)c2ccccc21. The Balaban J connectivity index is 1.99. The zero-order valence-electron chi connectivity index (χ0n) is 16.0. The van der Waals surface area contributed by atoms with Crippen molar-refractivity contribution >= 4 is 29.0 Å². The number of para-hydroxylation sites is 1. The molecular formula is C22H19N3O4. The molecule has 4 rings (SSSR count). The van der Waals surface area contributed by atoms with Crippen molar-refractivity contribution in [3.63, 3.8) is 0 Å². The van der Waals surface area contributed by atoms with Gasteiger partial charge >= 0.3 is 0 Å². The van der Waals surface area contributed by atoms with Crippen LogP contribution in [0.15, 0.2) is 53.3 Å². The minimum atomic E-state index is -0.434. The summed E-state index contributed by atoms with van der Waals surface area (Å²) in [5, 5.41) is 5.63.